The van der Waals surface area contributed by atoms with Crippen molar-refractivity contribution in [2.24, 2.45) is 5.92 Å². The molecule has 1 saturated carbocycles. The van der Waals surface area contributed by atoms with Crippen molar-refractivity contribution in [2.75, 3.05) is 26.7 Å². The first kappa shape index (κ1) is 13.4. The largest absolute Gasteiger partial charge is 0.314 e. The summed E-state index contributed by atoms with van der Waals surface area (Å²) in [5.41, 5.74) is 0. The summed E-state index contributed by atoms with van der Waals surface area (Å²) in [5.74, 6) is 1.07. The van der Waals surface area contributed by atoms with E-state index < -0.39 is 0 Å². The van der Waals surface area contributed by atoms with E-state index in [1.165, 1.54) is 77.4 Å². The number of likely N-dealkylation sites (tertiary alicyclic amines) is 1. The van der Waals surface area contributed by atoms with Crippen molar-refractivity contribution >= 4 is 0 Å². The average Bonchev–Trinajstić information content (AvgIpc) is 2.75. The van der Waals surface area contributed by atoms with Gasteiger partial charge in [-0.15, -0.1) is 0 Å². The van der Waals surface area contributed by atoms with Crippen molar-refractivity contribution in [1.29, 1.82) is 0 Å². The molecule has 0 aromatic heterocycles. The summed E-state index contributed by atoms with van der Waals surface area (Å²) in [4.78, 5) is 2.47. The van der Waals surface area contributed by atoms with Gasteiger partial charge in [0.15, 0.2) is 0 Å². The molecule has 0 aromatic carbocycles. The second-order valence-electron chi connectivity index (χ2n) is 6.18. The van der Waals surface area contributed by atoms with Gasteiger partial charge in [-0.2, -0.15) is 0 Å². The Kier molecular flexibility index (Phi) is 5.79. The van der Waals surface area contributed by atoms with Gasteiger partial charge >= 0.3 is 0 Å². The Hall–Kier alpha value is -0.0800. The molecule has 100 valence electrons. The first-order valence-electron chi connectivity index (χ1n) is 7.76. The van der Waals surface area contributed by atoms with Crippen LogP contribution in [0.5, 0.6) is 0 Å². The van der Waals surface area contributed by atoms with Gasteiger partial charge in [0.05, 0.1) is 0 Å². The quantitative estimate of drug-likeness (QED) is 0.741. The van der Waals surface area contributed by atoms with Gasteiger partial charge in [-0.1, -0.05) is 25.7 Å². The SMILES string of the molecule is CN1CCCC(NCCCC2CCCC2)CC1. The monoisotopic (exact) mass is 238 g/mol. The fourth-order valence-corrected chi connectivity index (χ4v) is 3.44. The molecular formula is C15H30N2. The van der Waals surface area contributed by atoms with E-state index in [-0.39, 0.29) is 0 Å². The van der Waals surface area contributed by atoms with Gasteiger partial charge in [0.1, 0.15) is 0 Å². The standard InChI is InChI=1S/C15H30N2/c1-17-12-5-9-15(10-13-17)16-11-4-8-14-6-2-3-7-14/h14-16H,2-13H2,1H3. The first-order chi connectivity index (χ1) is 8.34. The van der Waals surface area contributed by atoms with Crippen LogP contribution in [0, 0.1) is 5.92 Å². The Morgan fingerprint density at radius 1 is 1.00 bits per heavy atom. The van der Waals surface area contributed by atoms with Gasteiger partial charge in [0.25, 0.3) is 0 Å². The van der Waals surface area contributed by atoms with E-state index in [0.29, 0.717) is 0 Å². The summed E-state index contributed by atoms with van der Waals surface area (Å²) in [5, 5.41) is 3.78. The van der Waals surface area contributed by atoms with E-state index in [2.05, 4.69) is 17.3 Å². The highest BCUT2D eigenvalue weighted by atomic mass is 15.1. The number of hydrogen-bond donors (Lipinski definition) is 1. The fraction of sp³-hybridized carbons (Fsp3) is 1.00. The molecule has 2 nitrogen and oxygen atoms in total. The Morgan fingerprint density at radius 2 is 1.82 bits per heavy atom. The van der Waals surface area contributed by atoms with Gasteiger partial charge < -0.3 is 10.2 Å². The predicted molar refractivity (Wildman–Crippen MR) is 74.3 cm³/mol. The lowest BCUT2D eigenvalue weighted by atomic mass is 10.0. The summed E-state index contributed by atoms with van der Waals surface area (Å²) in [7, 11) is 2.25. The van der Waals surface area contributed by atoms with Gasteiger partial charge in [0, 0.05) is 6.04 Å². The summed E-state index contributed by atoms with van der Waals surface area (Å²) >= 11 is 0. The van der Waals surface area contributed by atoms with Crippen LogP contribution >= 0.6 is 0 Å². The predicted octanol–water partition coefficient (Wildman–Crippen LogP) is 3.03. The van der Waals surface area contributed by atoms with Crippen LogP contribution in [0.15, 0.2) is 0 Å². The molecule has 1 aliphatic heterocycles. The molecule has 0 spiro atoms. The molecule has 0 radical (unpaired) electrons. The van der Waals surface area contributed by atoms with Crippen LogP contribution in [0.2, 0.25) is 0 Å². The molecule has 2 aliphatic rings. The summed E-state index contributed by atoms with van der Waals surface area (Å²) < 4.78 is 0. The second-order valence-corrected chi connectivity index (χ2v) is 6.18. The van der Waals surface area contributed by atoms with E-state index in [0.717, 1.165) is 12.0 Å². The van der Waals surface area contributed by atoms with E-state index >= 15 is 0 Å². The van der Waals surface area contributed by atoms with Crippen molar-refractivity contribution in [3.63, 3.8) is 0 Å². The highest BCUT2D eigenvalue weighted by Crippen LogP contribution is 2.28. The van der Waals surface area contributed by atoms with Crippen LogP contribution in [0.4, 0.5) is 0 Å². The Labute approximate surface area is 107 Å². The van der Waals surface area contributed by atoms with Crippen molar-refractivity contribution in [1.82, 2.24) is 10.2 Å². The first-order valence-corrected chi connectivity index (χ1v) is 7.76. The van der Waals surface area contributed by atoms with Gasteiger partial charge in [-0.25, -0.2) is 0 Å². The molecule has 0 amide bonds. The van der Waals surface area contributed by atoms with Crippen LogP contribution in [0.25, 0.3) is 0 Å². The molecule has 2 heteroatoms. The van der Waals surface area contributed by atoms with Crippen molar-refractivity contribution < 1.29 is 0 Å². The number of nitrogens with zero attached hydrogens (tertiary/aromatic N) is 1. The molecule has 1 atom stereocenters. The van der Waals surface area contributed by atoms with Crippen molar-refractivity contribution in [3.05, 3.63) is 0 Å². The maximum atomic E-state index is 3.78. The number of nitrogens with one attached hydrogen (secondary N) is 1. The molecule has 17 heavy (non-hydrogen) atoms. The molecule has 1 unspecified atom stereocenters. The van der Waals surface area contributed by atoms with Crippen LogP contribution in [-0.2, 0) is 0 Å². The average molecular weight is 238 g/mol. The third kappa shape index (κ3) is 4.97. The van der Waals surface area contributed by atoms with Gasteiger partial charge in [0.2, 0.25) is 0 Å². The third-order valence-corrected chi connectivity index (χ3v) is 4.65. The minimum absolute atomic E-state index is 0.795. The fourth-order valence-electron chi connectivity index (χ4n) is 3.44. The Balaban J connectivity index is 1.52. The van der Waals surface area contributed by atoms with Crippen LogP contribution in [0.1, 0.15) is 57.8 Å². The lowest BCUT2D eigenvalue weighted by Gasteiger charge is -2.17. The second kappa shape index (κ2) is 7.38. The molecule has 1 N–H and O–H groups in total. The van der Waals surface area contributed by atoms with E-state index in [1.807, 2.05) is 0 Å². The minimum Gasteiger partial charge on any atom is -0.314 e. The molecule has 2 rings (SSSR count). The summed E-state index contributed by atoms with van der Waals surface area (Å²) in [6, 6.07) is 0.795. The highest BCUT2D eigenvalue weighted by Gasteiger charge is 2.16. The smallest absolute Gasteiger partial charge is 0.00797 e. The summed E-state index contributed by atoms with van der Waals surface area (Å²) in [6.07, 6.45) is 13.0. The zero-order chi connectivity index (χ0) is 11.9. The van der Waals surface area contributed by atoms with Gasteiger partial charge in [-0.05, 0) is 64.7 Å². The summed E-state index contributed by atoms with van der Waals surface area (Å²) in [6.45, 7) is 3.82. The maximum absolute atomic E-state index is 3.78. The molecule has 1 aliphatic carbocycles. The zero-order valence-electron chi connectivity index (χ0n) is 11.6. The topological polar surface area (TPSA) is 15.3 Å². The Bertz CT molecular complexity index is 199. The number of rotatable bonds is 5. The lowest BCUT2D eigenvalue weighted by Crippen LogP contribution is -2.31. The highest BCUT2D eigenvalue weighted by molar-refractivity contribution is 4.74. The van der Waals surface area contributed by atoms with Gasteiger partial charge in [-0.3, -0.25) is 0 Å². The molecule has 0 aromatic rings. The molecule has 1 saturated heterocycles. The molecule has 0 bridgehead atoms. The van der Waals surface area contributed by atoms with Crippen molar-refractivity contribution in [3.8, 4) is 0 Å². The lowest BCUT2D eigenvalue weighted by molar-refractivity contribution is 0.343. The zero-order valence-corrected chi connectivity index (χ0v) is 11.6. The third-order valence-electron chi connectivity index (χ3n) is 4.65. The van der Waals surface area contributed by atoms with E-state index in [1.54, 1.807) is 0 Å². The van der Waals surface area contributed by atoms with Crippen molar-refractivity contribution in [2.45, 2.75) is 63.8 Å². The van der Waals surface area contributed by atoms with Crippen LogP contribution in [0.3, 0.4) is 0 Å². The normalized spacial score (nSPS) is 28.4. The maximum Gasteiger partial charge on any atom is 0.00797 e. The molecular weight excluding hydrogens is 208 g/mol. The van der Waals surface area contributed by atoms with Crippen LogP contribution in [-0.4, -0.2) is 37.6 Å². The molecule has 2 fully saturated rings. The minimum atomic E-state index is 0.795. The van der Waals surface area contributed by atoms with E-state index in [9.17, 15) is 0 Å². The van der Waals surface area contributed by atoms with E-state index in [4.69, 9.17) is 0 Å². The van der Waals surface area contributed by atoms with Crippen LogP contribution < -0.4 is 5.32 Å². The Morgan fingerprint density at radius 3 is 2.65 bits per heavy atom. The molecule has 1 heterocycles. The number of hydrogen-bond acceptors (Lipinski definition) is 2.